The first kappa shape index (κ1) is 10.4. The summed E-state index contributed by atoms with van der Waals surface area (Å²) in [7, 11) is 3.81. The third kappa shape index (κ3) is 3.01. The smallest absolute Gasteiger partial charge is 0.217 e. The molecule has 5 nitrogen and oxygen atoms in total. The molecule has 0 saturated heterocycles. The van der Waals surface area contributed by atoms with Crippen LogP contribution in [0.15, 0.2) is 12.3 Å². The Balaban J connectivity index is 2.68. The number of hydrogen-bond donors (Lipinski definition) is 1. The van der Waals surface area contributed by atoms with Gasteiger partial charge in [0.25, 0.3) is 0 Å². The summed E-state index contributed by atoms with van der Waals surface area (Å²) in [5.74, 6) is 1.37. The summed E-state index contributed by atoms with van der Waals surface area (Å²) in [6.45, 7) is 1.84. The van der Waals surface area contributed by atoms with Crippen LogP contribution in [0, 0.1) is 0 Å². The van der Waals surface area contributed by atoms with Crippen LogP contribution in [0.5, 0.6) is 0 Å². The molecule has 5 heteroatoms. The number of aromatic nitrogens is 2. The van der Waals surface area contributed by atoms with Gasteiger partial charge in [-0.15, -0.1) is 0 Å². The third-order valence-corrected chi connectivity index (χ3v) is 1.64. The van der Waals surface area contributed by atoms with Crippen LogP contribution in [0.1, 0.15) is 12.7 Å². The van der Waals surface area contributed by atoms with E-state index in [1.165, 1.54) is 6.92 Å². The molecule has 14 heavy (non-hydrogen) atoms. The minimum atomic E-state index is -0.0798. The second-order valence-electron chi connectivity index (χ2n) is 3.14. The number of anilines is 1. The molecule has 1 rings (SSSR count). The van der Waals surface area contributed by atoms with Crippen molar-refractivity contribution in [3.05, 3.63) is 18.1 Å². The first-order chi connectivity index (χ1) is 6.59. The van der Waals surface area contributed by atoms with Crippen LogP contribution < -0.4 is 10.2 Å². The van der Waals surface area contributed by atoms with Gasteiger partial charge in [-0.25, -0.2) is 9.97 Å². The fourth-order valence-electron chi connectivity index (χ4n) is 0.926. The molecule has 0 aliphatic rings. The Morgan fingerprint density at radius 2 is 2.29 bits per heavy atom. The zero-order valence-electron chi connectivity index (χ0n) is 8.61. The first-order valence-corrected chi connectivity index (χ1v) is 4.33. The van der Waals surface area contributed by atoms with Gasteiger partial charge in [0.1, 0.15) is 11.6 Å². The second-order valence-corrected chi connectivity index (χ2v) is 3.14. The van der Waals surface area contributed by atoms with E-state index in [9.17, 15) is 4.79 Å². The number of rotatable bonds is 3. The van der Waals surface area contributed by atoms with Crippen LogP contribution in [-0.4, -0.2) is 30.0 Å². The Labute approximate surface area is 83.2 Å². The molecular weight excluding hydrogens is 180 g/mol. The highest BCUT2D eigenvalue weighted by molar-refractivity contribution is 5.72. The Morgan fingerprint density at radius 3 is 2.86 bits per heavy atom. The lowest BCUT2D eigenvalue weighted by Gasteiger charge is -2.11. The van der Waals surface area contributed by atoms with E-state index in [1.54, 1.807) is 6.20 Å². The van der Waals surface area contributed by atoms with Crippen molar-refractivity contribution in [2.24, 2.45) is 0 Å². The zero-order valence-corrected chi connectivity index (χ0v) is 8.61. The minimum Gasteiger partial charge on any atom is -0.363 e. The maximum Gasteiger partial charge on any atom is 0.217 e. The van der Waals surface area contributed by atoms with E-state index in [-0.39, 0.29) is 5.91 Å². The van der Waals surface area contributed by atoms with Gasteiger partial charge >= 0.3 is 0 Å². The van der Waals surface area contributed by atoms with Gasteiger partial charge in [0.15, 0.2) is 0 Å². The minimum absolute atomic E-state index is 0.0798. The lowest BCUT2D eigenvalue weighted by Crippen LogP contribution is -2.21. The summed E-state index contributed by atoms with van der Waals surface area (Å²) in [5.41, 5.74) is 0. The summed E-state index contributed by atoms with van der Waals surface area (Å²) in [4.78, 5) is 20.8. The van der Waals surface area contributed by atoms with E-state index in [1.807, 2.05) is 25.1 Å². The average Bonchev–Trinajstić information content (AvgIpc) is 2.15. The van der Waals surface area contributed by atoms with Crippen molar-refractivity contribution in [1.29, 1.82) is 0 Å². The topological polar surface area (TPSA) is 58.1 Å². The van der Waals surface area contributed by atoms with E-state index in [0.29, 0.717) is 12.4 Å². The molecule has 0 fully saturated rings. The molecule has 0 aromatic carbocycles. The Kier molecular flexibility index (Phi) is 3.39. The van der Waals surface area contributed by atoms with Crippen molar-refractivity contribution >= 4 is 11.7 Å². The highest BCUT2D eigenvalue weighted by Gasteiger charge is 2.00. The predicted octanol–water partition coefficient (Wildman–Crippen LogP) is 0.179. The molecule has 0 spiro atoms. The van der Waals surface area contributed by atoms with Crippen molar-refractivity contribution in [2.75, 3.05) is 19.0 Å². The fraction of sp³-hybridized carbons (Fsp3) is 0.444. The van der Waals surface area contributed by atoms with Crippen LogP contribution >= 0.6 is 0 Å². The highest BCUT2D eigenvalue weighted by Crippen LogP contribution is 2.04. The van der Waals surface area contributed by atoms with Crippen LogP contribution in [-0.2, 0) is 11.3 Å². The molecule has 0 saturated carbocycles. The maximum atomic E-state index is 10.7. The standard InChI is InChI=1S/C9H14N4O/c1-7(14)11-6-8-10-5-4-9(12-8)13(2)3/h4-5H,6H2,1-3H3,(H,11,14). The molecular formula is C9H14N4O. The van der Waals surface area contributed by atoms with E-state index >= 15 is 0 Å². The molecule has 1 aromatic rings. The second kappa shape index (κ2) is 4.55. The maximum absolute atomic E-state index is 10.7. The van der Waals surface area contributed by atoms with Crippen molar-refractivity contribution in [1.82, 2.24) is 15.3 Å². The summed E-state index contributed by atoms with van der Waals surface area (Å²) >= 11 is 0. The molecule has 76 valence electrons. The van der Waals surface area contributed by atoms with E-state index in [4.69, 9.17) is 0 Å². The predicted molar refractivity (Wildman–Crippen MR) is 53.9 cm³/mol. The lowest BCUT2D eigenvalue weighted by atomic mass is 10.5. The van der Waals surface area contributed by atoms with E-state index in [0.717, 1.165) is 5.82 Å². The molecule has 1 aromatic heterocycles. The fourth-order valence-corrected chi connectivity index (χ4v) is 0.926. The molecule has 0 bridgehead atoms. The number of nitrogens with zero attached hydrogens (tertiary/aromatic N) is 3. The molecule has 0 atom stereocenters. The van der Waals surface area contributed by atoms with Gasteiger partial charge in [-0.2, -0.15) is 0 Å². The van der Waals surface area contributed by atoms with Crippen molar-refractivity contribution in [3.63, 3.8) is 0 Å². The summed E-state index contributed by atoms with van der Waals surface area (Å²) in [5, 5.41) is 2.65. The molecule has 0 unspecified atom stereocenters. The van der Waals surface area contributed by atoms with Crippen molar-refractivity contribution < 1.29 is 4.79 Å². The Bertz CT molecular complexity index is 324. The number of hydrogen-bond acceptors (Lipinski definition) is 4. The summed E-state index contributed by atoms with van der Waals surface area (Å²) in [6.07, 6.45) is 1.68. The molecule has 0 radical (unpaired) electrons. The van der Waals surface area contributed by atoms with Crippen LogP contribution in [0.3, 0.4) is 0 Å². The van der Waals surface area contributed by atoms with Gasteiger partial charge in [-0.1, -0.05) is 0 Å². The number of amides is 1. The van der Waals surface area contributed by atoms with Crippen LogP contribution in [0.25, 0.3) is 0 Å². The van der Waals surface area contributed by atoms with Crippen LogP contribution in [0.2, 0.25) is 0 Å². The third-order valence-electron chi connectivity index (χ3n) is 1.64. The Hall–Kier alpha value is -1.65. The first-order valence-electron chi connectivity index (χ1n) is 4.33. The molecule has 0 aliphatic carbocycles. The molecule has 1 amide bonds. The number of carbonyl (C=O) groups is 1. The average molecular weight is 194 g/mol. The number of nitrogens with one attached hydrogen (secondary N) is 1. The normalized spacial score (nSPS) is 9.64. The largest absolute Gasteiger partial charge is 0.363 e. The summed E-state index contributed by atoms with van der Waals surface area (Å²) in [6, 6.07) is 1.82. The van der Waals surface area contributed by atoms with Crippen molar-refractivity contribution in [3.8, 4) is 0 Å². The monoisotopic (exact) mass is 194 g/mol. The van der Waals surface area contributed by atoms with E-state index < -0.39 is 0 Å². The van der Waals surface area contributed by atoms with Crippen LogP contribution in [0.4, 0.5) is 5.82 Å². The summed E-state index contributed by atoms with van der Waals surface area (Å²) < 4.78 is 0. The van der Waals surface area contributed by atoms with Gasteiger partial charge in [0.2, 0.25) is 5.91 Å². The SMILES string of the molecule is CC(=O)NCc1nccc(N(C)C)n1. The van der Waals surface area contributed by atoms with Gasteiger partial charge in [-0.05, 0) is 6.07 Å². The Morgan fingerprint density at radius 1 is 1.57 bits per heavy atom. The number of carbonyl (C=O) groups excluding carboxylic acids is 1. The van der Waals surface area contributed by atoms with Gasteiger partial charge in [0, 0.05) is 27.2 Å². The lowest BCUT2D eigenvalue weighted by molar-refractivity contribution is -0.119. The van der Waals surface area contributed by atoms with Gasteiger partial charge in [0.05, 0.1) is 6.54 Å². The van der Waals surface area contributed by atoms with Gasteiger partial charge < -0.3 is 10.2 Å². The van der Waals surface area contributed by atoms with E-state index in [2.05, 4.69) is 15.3 Å². The molecule has 1 heterocycles. The quantitative estimate of drug-likeness (QED) is 0.745. The molecule has 0 aliphatic heterocycles. The zero-order chi connectivity index (χ0) is 10.6. The molecule has 1 N–H and O–H groups in total. The van der Waals surface area contributed by atoms with Crippen molar-refractivity contribution in [2.45, 2.75) is 13.5 Å². The van der Waals surface area contributed by atoms with Gasteiger partial charge in [-0.3, -0.25) is 4.79 Å². The highest BCUT2D eigenvalue weighted by atomic mass is 16.1.